The van der Waals surface area contributed by atoms with E-state index in [1.165, 1.54) is 0 Å². The first-order chi connectivity index (χ1) is 14.0. The smallest absolute Gasteiger partial charge is 0.475 e. The van der Waals surface area contributed by atoms with Gasteiger partial charge in [0.1, 0.15) is 4.60 Å². The number of carbonyl (C=O) groups excluding carboxylic acids is 1. The normalized spacial score (nSPS) is 12.2. The van der Waals surface area contributed by atoms with Crippen LogP contribution >= 0.6 is 15.9 Å². The number of halogens is 4. The maximum Gasteiger partial charge on any atom is 0.490 e. The first kappa shape index (κ1) is 23.3. The average molecular weight is 491 g/mol. The highest BCUT2D eigenvalue weighted by molar-refractivity contribution is 9.10. The van der Waals surface area contributed by atoms with Crippen LogP contribution in [-0.2, 0) is 29.6 Å². The lowest BCUT2D eigenvalue weighted by molar-refractivity contribution is -0.192. The topological polar surface area (TPSA) is 139 Å². The number of amides is 1. The van der Waals surface area contributed by atoms with Crippen molar-refractivity contribution in [3.05, 3.63) is 46.7 Å². The summed E-state index contributed by atoms with van der Waals surface area (Å²) in [5.41, 5.74) is 9.70. The molecular weight excluding hydrogens is 473 g/mol. The molecule has 2 aromatic heterocycles. The standard InChI is InChI=1S/C15H17BrN6O.C2HF3O2/c1-22-8-21-11-4-9(2-3-13(11)22)6-18-15(23)10(17)5-12-14(16)20-7-19-12;3-2(4,5)1(6)7/h2-4,7-8,10H,5-6,17H2,1H3,(H,18,23)(H,19,20);(H,6,7). The molecule has 0 aliphatic rings. The highest BCUT2D eigenvalue weighted by Crippen LogP contribution is 2.15. The van der Waals surface area contributed by atoms with Gasteiger partial charge in [0, 0.05) is 20.0 Å². The second-order valence-corrected chi connectivity index (χ2v) is 6.93. The zero-order valence-corrected chi connectivity index (χ0v) is 17.2. The van der Waals surface area contributed by atoms with Crippen molar-refractivity contribution >= 4 is 38.8 Å². The fourth-order valence-corrected chi connectivity index (χ4v) is 2.75. The van der Waals surface area contributed by atoms with Crippen LogP contribution in [0, 0.1) is 0 Å². The number of benzene rings is 1. The van der Waals surface area contributed by atoms with E-state index in [9.17, 15) is 18.0 Å². The van der Waals surface area contributed by atoms with Crippen LogP contribution in [0.1, 0.15) is 11.3 Å². The van der Waals surface area contributed by atoms with E-state index < -0.39 is 18.2 Å². The summed E-state index contributed by atoms with van der Waals surface area (Å²) in [6.07, 6.45) is -1.36. The molecule has 9 nitrogen and oxygen atoms in total. The molecule has 1 aromatic carbocycles. The number of carboxylic acids is 1. The number of alkyl halides is 3. The Balaban J connectivity index is 0.000000396. The van der Waals surface area contributed by atoms with E-state index in [1.807, 2.05) is 29.8 Å². The van der Waals surface area contributed by atoms with E-state index in [0.717, 1.165) is 22.3 Å². The Morgan fingerprint density at radius 1 is 1.37 bits per heavy atom. The van der Waals surface area contributed by atoms with E-state index in [0.29, 0.717) is 17.6 Å². The Morgan fingerprint density at radius 2 is 2.03 bits per heavy atom. The van der Waals surface area contributed by atoms with Crippen LogP contribution < -0.4 is 11.1 Å². The van der Waals surface area contributed by atoms with Gasteiger partial charge in [-0.1, -0.05) is 6.07 Å². The van der Waals surface area contributed by atoms with Gasteiger partial charge in [0.25, 0.3) is 0 Å². The molecule has 162 valence electrons. The number of rotatable bonds is 5. The van der Waals surface area contributed by atoms with Crippen molar-refractivity contribution in [3.8, 4) is 0 Å². The summed E-state index contributed by atoms with van der Waals surface area (Å²) in [6.45, 7) is 0.420. The minimum Gasteiger partial charge on any atom is -0.475 e. The molecule has 1 unspecified atom stereocenters. The number of nitrogens with zero attached hydrogens (tertiary/aromatic N) is 3. The zero-order chi connectivity index (χ0) is 22.5. The van der Waals surface area contributed by atoms with Crippen LogP contribution in [0.25, 0.3) is 11.0 Å². The zero-order valence-electron chi connectivity index (χ0n) is 15.6. The molecule has 0 bridgehead atoms. The van der Waals surface area contributed by atoms with Gasteiger partial charge < -0.3 is 25.7 Å². The van der Waals surface area contributed by atoms with Gasteiger partial charge >= 0.3 is 12.1 Å². The number of aryl methyl sites for hydroxylation is 1. The van der Waals surface area contributed by atoms with Gasteiger partial charge in [-0.2, -0.15) is 13.2 Å². The molecule has 0 aliphatic heterocycles. The molecule has 2 heterocycles. The van der Waals surface area contributed by atoms with Gasteiger partial charge in [-0.3, -0.25) is 4.79 Å². The maximum absolute atomic E-state index is 12.1. The van der Waals surface area contributed by atoms with E-state index in [4.69, 9.17) is 15.6 Å². The Bertz CT molecular complexity index is 1030. The Morgan fingerprint density at radius 3 is 2.60 bits per heavy atom. The first-order valence-electron chi connectivity index (χ1n) is 8.40. The minimum atomic E-state index is -5.08. The fraction of sp³-hybridized carbons (Fsp3) is 0.294. The van der Waals surface area contributed by atoms with Crippen molar-refractivity contribution in [2.24, 2.45) is 12.8 Å². The summed E-state index contributed by atoms with van der Waals surface area (Å²) >= 11 is 3.31. The third-order valence-corrected chi connectivity index (χ3v) is 4.61. The Labute approximate surface area is 176 Å². The molecule has 0 radical (unpaired) electrons. The van der Waals surface area contributed by atoms with Crippen molar-refractivity contribution in [2.45, 2.75) is 25.2 Å². The molecule has 3 rings (SSSR count). The lowest BCUT2D eigenvalue weighted by Crippen LogP contribution is -2.41. The lowest BCUT2D eigenvalue weighted by atomic mass is 10.1. The molecule has 0 saturated heterocycles. The average Bonchev–Trinajstić information content (AvgIpc) is 3.25. The number of carbonyl (C=O) groups is 2. The number of carboxylic acid groups (broad SMARTS) is 1. The minimum absolute atomic E-state index is 0.201. The molecule has 3 aromatic rings. The number of imidazole rings is 2. The molecule has 0 fully saturated rings. The van der Waals surface area contributed by atoms with Crippen LogP contribution in [0.5, 0.6) is 0 Å². The molecule has 1 amide bonds. The third kappa shape index (κ3) is 6.29. The van der Waals surface area contributed by atoms with Crippen molar-refractivity contribution < 1.29 is 27.9 Å². The summed E-state index contributed by atoms with van der Waals surface area (Å²) in [5, 5.41) is 9.98. The summed E-state index contributed by atoms with van der Waals surface area (Å²) in [4.78, 5) is 32.3. The molecular formula is C17H18BrF3N6O3. The van der Waals surface area contributed by atoms with Crippen LogP contribution in [0.2, 0.25) is 0 Å². The van der Waals surface area contributed by atoms with Crippen LogP contribution in [0.3, 0.4) is 0 Å². The molecule has 0 spiro atoms. The molecule has 1 atom stereocenters. The van der Waals surface area contributed by atoms with Crippen molar-refractivity contribution in [1.29, 1.82) is 0 Å². The summed E-state index contributed by atoms with van der Waals surface area (Å²) in [5.74, 6) is -2.96. The molecule has 0 aliphatic carbocycles. The fourth-order valence-electron chi connectivity index (χ4n) is 2.37. The van der Waals surface area contributed by atoms with Gasteiger partial charge in [-0.05, 0) is 33.6 Å². The predicted octanol–water partition coefficient (Wildman–Crippen LogP) is 1.88. The van der Waals surface area contributed by atoms with E-state index >= 15 is 0 Å². The second-order valence-electron chi connectivity index (χ2n) is 6.18. The van der Waals surface area contributed by atoms with Crippen molar-refractivity contribution in [2.75, 3.05) is 0 Å². The van der Waals surface area contributed by atoms with E-state index in [1.54, 1.807) is 12.7 Å². The number of H-pyrrole nitrogens is 1. The molecule has 13 heteroatoms. The Kier molecular flexibility index (Phi) is 7.56. The number of fused-ring (bicyclic) bond motifs is 1. The van der Waals surface area contributed by atoms with Crippen LogP contribution in [0.4, 0.5) is 13.2 Å². The van der Waals surface area contributed by atoms with Crippen LogP contribution in [-0.4, -0.2) is 48.7 Å². The highest BCUT2D eigenvalue weighted by atomic mass is 79.9. The first-order valence-corrected chi connectivity index (χ1v) is 9.19. The largest absolute Gasteiger partial charge is 0.490 e. The molecule has 0 saturated carbocycles. The molecule has 30 heavy (non-hydrogen) atoms. The number of aromatic amines is 1. The predicted molar refractivity (Wildman–Crippen MR) is 104 cm³/mol. The monoisotopic (exact) mass is 490 g/mol. The van der Waals surface area contributed by atoms with Crippen molar-refractivity contribution in [3.63, 3.8) is 0 Å². The number of nitrogens with one attached hydrogen (secondary N) is 2. The Hall–Kier alpha value is -2.93. The van der Waals surface area contributed by atoms with Crippen molar-refractivity contribution in [1.82, 2.24) is 24.8 Å². The van der Waals surface area contributed by atoms with E-state index in [2.05, 4.69) is 36.2 Å². The van der Waals surface area contributed by atoms with Gasteiger partial charge in [0.05, 0.1) is 35.4 Å². The van der Waals surface area contributed by atoms with Gasteiger partial charge in [0.2, 0.25) is 5.91 Å². The number of aliphatic carboxylic acids is 1. The number of nitrogens with two attached hydrogens (primary N) is 1. The second kappa shape index (κ2) is 9.71. The number of aromatic nitrogens is 4. The SMILES string of the molecule is Cn1cnc2cc(CNC(=O)C(N)Cc3[nH]cnc3Br)ccc21.O=C(O)C(F)(F)F. The third-order valence-electron chi connectivity index (χ3n) is 3.93. The summed E-state index contributed by atoms with van der Waals surface area (Å²) in [6, 6.07) is 5.30. The van der Waals surface area contributed by atoms with E-state index in [-0.39, 0.29) is 5.91 Å². The quantitative estimate of drug-likeness (QED) is 0.430. The van der Waals surface area contributed by atoms with Gasteiger partial charge in [-0.25, -0.2) is 14.8 Å². The van der Waals surface area contributed by atoms with Gasteiger partial charge in [-0.15, -0.1) is 0 Å². The number of hydrogen-bond donors (Lipinski definition) is 4. The van der Waals surface area contributed by atoms with Gasteiger partial charge in [0.15, 0.2) is 0 Å². The van der Waals surface area contributed by atoms with Crippen LogP contribution in [0.15, 0.2) is 35.5 Å². The molecule has 5 N–H and O–H groups in total. The summed E-state index contributed by atoms with van der Waals surface area (Å²) < 4.78 is 34.4. The lowest BCUT2D eigenvalue weighted by Gasteiger charge is -2.12. The summed E-state index contributed by atoms with van der Waals surface area (Å²) in [7, 11) is 1.95. The highest BCUT2D eigenvalue weighted by Gasteiger charge is 2.38. The number of hydrogen-bond acceptors (Lipinski definition) is 5. The maximum atomic E-state index is 12.1.